The zero-order valence-corrected chi connectivity index (χ0v) is 7.75. The molecule has 0 saturated carbocycles. The fourth-order valence-corrected chi connectivity index (χ4v) is 0.921. The minimum atomic E-state index is -2.22. The molecule has 0 aliphatic carbocycles. The molecule has 1 aromatic rings. The highest BCUT2D eigenvalue weighted by molar-refractivity contribution is 5.38. The summed E-state index contributed by atoms with van der Waals surface area (Å²) in [7, 11) is 0. The number of hydrogen-bond acceptors (Lipinski definition) is 1. The van der Waals surface area contributed by atoms with Gasteiger partial charge < -0.3 is 5.11 Å². The van der Waals surface area contributed by atoms with Gasteiger partial charge in [-0.2, -0.15) is 0 Å². The van der Waals surface area contributed by atoms with Gasteiger partial charge in [-0.1, -0.05) is 11.8 Å². The molecule has 0 aliphatic rings. The van der Waals surface area contributed by atoms with E-state index in [-0.39, 0.29) is 13.0 Å². The number of halogens is 5. The zero-order chi connectivity index (χ0) is 12.3. The Labute approximate surface area is 87.5 Å². The first-order valence-corrected chi connectivity index (χ1v) is 4.11. The molecule has 0 unspecified atom stereocenters. The summed E-state index contributed by atoms with van der Waals surface area (Å²) >= 11 is 0. The van der Waals surface area contributed by atoms with Crippen molar-refractivity contribution in [1.29, 1.82) is 0 Å². The number of rotatable bonds is 1. The van der Waals surface area contributed by atoms with Crippen molar-refractivity contribution in [2.24, 2.45) is 0 Å². The Hall–Kier alpha value is -1.61. The van der Waals surface area contributed by atoms with Gasteiger partial charge in [0.2, 0.25) is 5.82 Å². The number of benzene rings is 1. The number of hydrogen-bond donors (Lipinski definition) is 1. The third-order valence-corrected chi connectivity index (χ3v) is 1.66. The van der Waals surface area contributed by atoms with Crippen LogP contribution < -0.4 is 0 Å². The molecule has 1 aromatic carbocycles. The van der Waals surface area contributed by atoms with Gasteiger partial charge in [0, 0.05) is 6.42 Å². The molecule has 0 spiro atoms. The van der Waals surface area contributed by atoms with Crippen LogP contribution in [0.5, 0.6) is 0 Å². The minimum absolute atomic E-state index is 0.126. The summed E-state index contributed by atoms with van der Waals surface area (Å²) in [5.41, 5.74) is -1.19. The lowest BCUT2D eigenvalue weighted by molar-refractivity contribution is 0.305. The van der Waals surface area contributed by atoms with E-state index in [4.69, 9.17) is 5.11 Å². The second-order valence-corrected chi connectivity index (χ2v) is 2.72. The Morgan fingerprint density at radius 3 is 1.69 bits per heavy atom. The van der Waals surface area contributed by atoms with Crippen LogP contribution in [0.1, 0.15) is 12.0 Å². The fourth-order valence-electron chi connectivity index (χ4n) is 0.921. The van der Waals surface area contributed by atoms with Crippen molar-refractivity contribution in [1.82, 2.24) is 0 Å². The normalized spacial score (nSPS) is 9.88. The molecule has 1 rings (SSSR count). The van der Waals surface area contributed by atoms with Crippen molar-refractivity contribution < 1.29 is 27.1 Å². The highest BCUT2D eigenvalue weighted by Crippen LogP contribution is 2.22. The SMILES string of the molecule is OCCC#Cc1c(F)c(F)c(F)c(F)c1F. The van der Waals surface area contributed by atoms with Crippen molar-refractivity contribution in [2.45, 2.75) is 6.42 Å². The van der Waals surface area contributed by atoms with Crippen LogP contribution in [0.3, 0.4) is 0 Å². The quantitative estimate of drug-likeness (QED) is 0.342. The van der Waals surface area contributed by atoms with Gasteiger partial charge in [0.25, 0.3) is 0 Å². The molecule has 0 saturated heterocycles. The lowest BCUT2D eigenvalue weighted by Gasteiger charge is -2.02. The van der Waals surface area contributed by atoms with Gasteiger partial charge in [0.05, 0.1) is 6.61 Å². The van der Waals surface area contributed by atoms with Crippen molar-refractivity contribution in [3.63, 3.8) is 0 Å². The van der Waals surface area contributed by atoms with Crippen LogP contribution in [-0.2, 0) is 0 Å². The molecule has 0 fully saturated rings. The lowest BCUT2D eigenvalue weighted by Crippen LogP contribution is -2.04. The van der Waals surface area contributed by atoms with Crippen molar-refractivity contribution >= 4 is 0 Å². The number of aliphatic hydroxyl groups excluding tert-OH is 1. The molecule has 1 N–H and O–H groups in total. The summed E-state index contributed by atoms with van der Waals surface area (Å²) < 4.78 is 63.7. The van der Waals surface area contributed by atoms with Crippen LogP contribution in [0.4, 0.5) is 22.0 Å². The molecule has 0 heterocycles. The van der Waals surface area contributed by atoms with Gasteiger partial charge in [-0.25, -0.2) is 22.0 Å². The molecule has 0 atom stereocenters. The molecule has 0 aromatic heterocycles. The molecule has 0 amide bonds. The van der Waals surface area contributed by atoms with Gasteiger partial charge in [-0.15, -0.1) is 0 Å². The Morgan fingerprint density at radius 2 is 1.25 bits per heavy atom. The van der Waals surface area contributed by atoms with E-state index in [9.17, 15) is 22.0 Å². The molecular weight excluding hydrogens is 231 g/mol. The maximum atomic E-state index is 12.9. The van der Waals surface area contributed by atoms with Gasteiger partial charge in [0.1, 0.15) is 5.56 Å². The molecule has 1 nitrogen and oxygen atoms in total. The maximum Gasteiger partial charge on any atom is 0.200 e. The summed E-state index contributed by atoms with van der Waals surface area (Å²) in [6.07, 6.45) is -0.126. The van der Waals surface area contributed by atoms with E-state index in [2.05, 4.69) is 5.92 Å². The fraction of sp³-hybridized carbons (Fsp3) is 0.200. The van der Waals surface area contributed by atoms with E-state index < -0.39 is 34.6 Å². The minimum Gasteiger partial charge on any atom is -0.395 e. The third kappa shape index (κ3) is 2.14. The smallest absolute Gasteiger partial charge is 0.200 e. The van der Waals surface area contributed by atoms with E-state index in [1.165, 1.54) is 0 Å². The summed E-state index contributed by atoms with van der Waals surface area (Å²) in [6.45, 7) is -0.373. The van der Waals surface area contributed by atoms with E-state index >= 15 is 0 Å². The topological polar surface area (TPSA) is 20.2 Å². The maximum absolute atomic E-state index is 12.9. The van der Waals surface area contributed by atoms with Crippen LogP contribution in [0.2, 0.25) is 0 Å². The summed E-state index contributed by atoms with van der Waals surface area (Å²) in [5, 5.41) is 8.34. The van der Waals surface area contributed by atoms with E-state index in [0.717, 1.165) is 0 Å². The monoisotopic (exact) mass is 236 g/mol. The summed E-state index contributed by atoms with van der Waals surface area (Å²) in [4.78, 5) is 0. The van der Waals surface area contributed by atoms with Crippen molar-refractivity contribution in [3.05, 3.63) is 34.6 Å². The van der Waals surface area contributed by atoms with Crippen LogP contribution in [0.15, 0.2) is 0 Å². The Balaban J connectivity index is 3.36. The molecule has 0 aliphatic heterocycles. The molecule has 0 radical (unpaired) electrons. The Morgan fingerprint density at radius 1 is 0.812 bits per heavy atom. The van der Waals surface area contributed by atoms with Gasteiger partial charge >= 0.3 is 0 Å². The van der Waals surface area contributed by atoms with Gasteiger partial charge in [-0.05, 0) is 0 Å². The first-order chi connectivity index (χ1) is 7.50. The Bertz CT molecular complexity index is 443. The van der Waals surface area contributed by atoms with Crippen LogP contribution >= 0.6 is 0 Å². The van der Waals surface area contributed by atoms with Crippen LogP contribution in [0.25, 0.3) is 0 Å². The number of aliphatic hydroxyl groups is 1. The molecule has 86 valence electrons. The van der Waals surface area contributed by atoms with E-state index in [0.29, 0.717) is 0 Å². The Kier molecular flexibility index (Phi) is 3.85. The van der Waals surface area contributed by atoms with Crippen molar-refractivity contribution in [3.8, 4) is 11.8 Å². The second-order valence-electron chi connectivity index (χ2n) is 2.72. The average molecular weight is 236 g/mol. The summed E-state index contributed by atoms with van der Waals surface area (Å²) in [6, 6.07) is 0. The molecule has 0 bridgehead atoms. The standard InChI is InChI=1S/C10H5F5O/c11-6-5(3-1-2-4-16)7(12)9(14)10(15)8(6)13/h16H,2,4H2. The van der Waals surface area contributed by atoms with Crippen LogP contribution in [-0.4, -0.2) is 11.7 Å². The molecule has 16 heavy (non-hydrogen) atoms. The largest absolute Gasteiger partial charge is 0.395 e. The molecular formula is C10H5F5O. The zero-order valence-electron chi connectivity index (χ0n) is 7.75. The highest BCUT2D eigenvalue weighted by atomic mass is 19.2. The second kappa shape index (κ2) is 4.94. The van der Waals surface area contributed by atoms with Gasteiger partial charge in [0.15, 0.2) is 23.3 Å². The van der Waals surface area contributed by atoms with E-state index in [1.54, 1.807) is 5.92 Å². The predicted molar refractivity (Wildman–Crippen MR) is 44.8 cm³/mol. The third-order valence-electron chi connectivity index (χ3n) is 1.66. The van der Waals surface area contributed by atoms with E-state index in [1.807, 2.05) is 0 Å². The average Bonchev–Trinajstić information content (AvgIpc) is 2.28. The predicted octanol–water partition coefficient (Wildman–Crippen LogP) is 2.12. The summed E-state index contributed by atoms with van der Waals surface area (Å²) in [5.74, 6) is -6.38. The highest BCUT2D eigenvalue weighted by Gasteiger charge is 2.24. The first kappa shape index (κ1) is 12.5. The van der Waals surface area contributed by atoms with Gasteiger partial charge in [-0.3, -0.25) is 0 Å². The lowest BCUT2D eigenvalue weighted by atomic mass is 10.1. The van der Waals surface area contributed by atoms with Crippen molar-refractivity contribution in [2.75, 3.05) is 6.61 Å². The van der Waals surface area contributed by atoms with Crippen LogP contribution in [0, 0.1) is 40.9 Å². The molecule has 6 heteroatoms. The first-order valence-electron chi connectivity index (χ1n) is 4.11.